The lowest BCUT2D eigenvalue weighted by Gasteiger charge is -2.25. The fourth-order valence-corrected chi connectivity index (χ4v) is 2.90. The highest BCUT2D eigenvalue weighted by molar-refractivity contribution is 6.07. The summed E-state index contributed by atoms with van der Waals surface area (Å²) in [4.78, 5) is 26.5. The van der Waals surface area contributed by atoms with Crippen molar-refractivity contribution in [3.63, 3.8) is 0 Å². The summed E-state index contributed by atoms with van der Waals surface area (Å²) in [5.41, 5.74) is 0.810. The van der Waals surface area contributed by atoms with Gasteiger partial charge in [-0.3, -0.25) is 9.69 Å². The second-order valence-electron chi connectivity index (χ2n) is 5.43. The van der Waals surface area contributed by atoms with E-state index in [0.717, 1.165) is 11.1 Å². The Balaban J connectivity index is 1.93. The molecule has 1 atom stereocenters. The smallest absolute Gasteiger partial charge is 0.319 e. The molecule has 1 aliphatic heterocycles. The van der Waals surface area contributed by atoms with E-state index in [2.05, 4.69) is 5.32 Å². The van der Waals surface area contributed by atoms with E-state index >= 15 is 0 Å². The molecule has 3 amide bonds. The lowest BCUT2D eigenvalue weighted by atomic mass is 9.87. The Labute approximate surface area is 129 Å². The fraction of sp³-hybridized carbons (Fsp3) is 0.222. The number of hydrogen-bond acceptors (Lipinski definition) is 2. The third-order valence-corrected chi connectivity index (χ3v) is 4.16. The van der Waals surface area contributed by atoms with Gasteiger partial charge >= 0.3 is 6.03 Å². The second kappa shape index (κ2) is 5.64. The number of benzene rings is 2. The van der Waals surface area contributed by atoms with Crippen molar-refractivity contribution >= 4 is 11.9 Å². The zero-order valence-electron chi connectivity index (χ0n) is 12.5. The van der Waals surface area contributed by atoms with Crippen LogP contribution >= 0.6 is 0 Å². The van der Waals surface area contributed by atoms with Gasteiger partial charge in [0.25, 0.3) is 5.91 Å². The summed E-state index contributed by atoms with van der Waals surface area (Å²) in [5.74, 6) is -0.185. The van der Waals surface area contributed by atoms with Crippen LogP contribution in [-0.2, 0) is 16.9 Å². The molecule has 22 heavy (non-hydrogen) atoms. The third kappa shape index (κ3) is 2.26. The first kappa shape index (κ1) is 14.3. The molecule has 2 aromatic carbocycles. The van der Waals surface area contributed by atoms with Crippen molar-refractivity contribution in [2.24, 2.45) is 0 Å². The maximum absolute atomic E-state index is 12.9. The molecule has 0 aliphatic carbocycles. The molecule has 1 N–H and O–H groups in total. The molecule has 0 saturated carbocycles. The molecule has 0 unspecified atom stereocenters. The number of urea groups is 1. The standard InChI is InChI=1S/C18H18N2O2/c1-2-18(15-11-7-4-8-12-15)16(21)20(17(22)19-18)13-14-9-5-3-6-10-14/h3-12H,2,13H2,1H3,(H,19,22)/t18-/m1/s1. The summed E-state index contributed by atoms with van der Waals surface area (Å²) in [7, 11) is 0. The number of carbonyl (C=O) groups is 2. The van der Waals surface area contributed by atoms with Gasteiger partial charge in [0.2, 0.25) is 0 Å². The van der Waals surface area contributed by atoms with E-state index in [9.17, 15) is 9.59 Å². The van der Waals surface area contributed by atoms with Crippen molar-refractivity contribution in [2.75, 3.05) is 0 Å². The molecule has 1 fully saturated rings. The Morgan fingerprint density at radius 2 is 1.55 bits per heavy atom. The van der Waals surface area contributed by atoms with Crippen LogP contribution < -0.4 is 5.32 Å². The summed E-state index contributed by atoms with van der Waals surface area (Å²) in [6.07, 6.45) is 0.521. The number of amides is 3. The van der Waals surface area contributed by atoms with E-state index in [-0.39, 0.29) is 11.9 Å². The topological polar surface area (TPSA) is 49.4 Å². The zero-order chi connectivity index (χ0) is 15.6. The molecule has 0 spiro atoms. The zero-order valence-corrected chi connectivity index (χ0v) is 12.5. The maximum Gasteiger partial charge on any atom is 0.325 e. The summed E-state index contributed by atoms with van der Waals surface area (Å²) >= 11 is 0. The third-order valence-electron chi connectivity index (χ3n) is 4.16. The van der Waals surface area contributed by atoms with Crippen LogP contribution in [0.5, 0.6) is 0 Å². The van der Waals surface area contributed by atoms with Gasteiger partial charge in [0.1, 0.15) is 5.54 Å². The maximum atomic E-state index is 12.9. The van der Waals surface area contributed by atoms with Gasteiger partial charge in [0.05, 0.1) is 6.54 Å². The van der Waals surface area contributed by atoms with Gasteiger partial charge < -0.3 is 5.32 Å². The molecule has 1 heterocycles. The van der Waals surface area contributed by atoms with Crippen LogP contribution in [0.25, 0.3) is 0 Å². The van der Waals surface area contributed by atoms with Gasteiger partial charge in [-0.05, 0) is 17.5 Å². The van der Waals surface area contributed by atoms with E-state index in [4.69, 9.17) is 0 Å². The van der Waals surface area contributed by atoms with Crippen LogP contribution in [0.3, 0.4) is 0 Å². The van der Waals surface area contributed by atoms with Crippen molar-refractivity contribution in [1.29, 1.82) is 0 Å². The lowest BCUT2D eigenvalue weighted by molar-refractivity contribution is -0.132. The first-order chi connectivity index (χ1) is 10.7. The molecule has 0 aromatic heterocycles. The molecule has 0 bridgehead atoms. The van der Waals surface area contributed by atoms with E-state index in [1.54, 1.807) is 0 Å². The number of imide groups is 1. The SMILES string of the molecule is CC[C@]1(c2ccccc2)NC(=O)N(Cc2ccccc2)C1=O. The molecule has 3 rings (SSSR count). The predicted molar refractivity (Wildman–Crippen MR) is 83.9 cm³/mol. The van der Waals surface area contributed by atoms with Gasteiger partial charge in [-0.15, -0.1) is 0 Å². The molecular formula is C18H18N2O2. The minimum atomic E-state index is -0.951. The number of rotatable bonds is 4. The van der Waals surface area contributed by atoms with E-state index in [1.807, 2.05) is 67.6 Å². The van der Waals surface area contributed by atoms with E-state index < -0.39 is 5.54 Å². The minimum Gasteiger partial charge on any atom is -0.319 e. The van der Waals surface area contributed by atoms with Crippen molar-refractivity contribution in [2.45, 2.75) is 25.4 Å². The van der Waals surface area contributed by atoms with Gasteiger partial charge in [-0.1, -0.05) is 67.6 Å². The van der Waals surface area contributed by atoms with Gasteiger partial charge in [0.15, 0.2) is 0 Å². The van der Waals surface area contributed by atoms with Crippen LogP contribution in [0.4, 0.5) is 4.79 Å². The Morgan fingerprint density at radius 1 is 0.955 bits per heavy atom. The largest absolute Gasteiger partial charge is 0.325 e. The van der Waals surface area contributed by atoms with Crippen LogP contribution in [0, 0.1) is 0 Å². The highest BCUT2D eigenvalue weighted by Crippen LogP contribution is 2.32. The summed E-state index contributed by atoms with van der Waals surface area (Å²) in [6, 6.07) is 18.6. The summed E-state index contributed by atoms with van der Waals surface area (Å²) in [5, 5.41) is 2.89. The van der Waals surface area contributed by atoms with Crippen molar-refractivity contribution < 1.29 is 9.59 Å². The lowest BCUT2D eigenvalue weighted by Crippen LogP contribution is -2.43. The molecule has 1 saturated heterocycles. The molecule has 0 radical (unpaired) electrons. The monoisotopic (exact) mass is 294 g/mol. The molecule has 1 aliphatic rings. The Kier molecular flexibility index (Phi) is 3.67. The van der Waals surface area contributed by atoms with Crippen molar-refractivity contribution in [3.05, 3.63) is 71.8 Å². The molecule has 4 nitrogen and oxygen atoms in total. The predicted octanol–water partition coefficient (Wildman–Crippen LogP) is 3.04. The quantitative estimate of drug-likeness (QED) is 0.881. The molecule has 4 heteroatoms. The Bertz CT molecular complexity index is 685. The number of carbonyl (C=O) groups excluding carboxylic acids is 2. The second-order valence-corrected chi connectivity index (χ2v) is 5.43. The van der Waals surface area contributed by atoms with Gasteiger partial charge in [0, 0.05) is 0 Å². The Morgan fingerprint density at radius 3 is 2.14 bits per heavy atom. The first-order valence-electron chi connectivity index (χ1n) is 7.41. The van der Waals surface area contributed by atoms with E-state index in [0.29, 0.717) is 13.0 Å². The van der Waals surface area contributed by atoms with Crippen LogP contribution in [0.2, 0.25) is 0 Å². The highest BCUT2D eigenvalue weighted by atomic mass is 16.2. The van der Waals surface area contributed by atoms with Crippen LogP contribution in [-0.4, -0.2) is 16.8 Å². The fourth-order valence-electron chi connectivity index (χ4n) is 2.90. The number of nitrogens with zero attached hydrogens (tertiary/aromatic N) is 1. The minimum absolute atomic E-state index is 0.185. The number of hydrogen-bond donors (Lipinski definition) is 1. The molecular weight excluding hydrogens is 276 g/mol. The molecule has 2 aromatic rings. The van der Waals surface area contributed by atoms with Crippen molar-refractivity contribution in [1.82, 2.24) is 10.2 Å². The molecule has 112 valence electrons. The summed E-state index contributed by atoms with van der Waals surface area (Å²) < 4.78 is 0. The summed E-state index contributed by atoms with van der Waals surface area (Å²) in [6.45, 7) is 2.21. The average molecular weight is 294 g/mol. The van der Waals surface area contributed by atoms with Crippen LogP contribution in [0.1, 0.15) is 24.5 Å². The highest BCUT2D eigenvalue weighted by Gasteiger charge is 2.50. The first-order valence-corrected chi connectivity index (χ1v) is 7.41. The number of nitrogens with one attached hydrogen (secondary N) is 1. The average Bonchev–Trinajstić information content (AvgIpc) is 2.82. The normalized spacial score (nSPS) is 21.0. The van der Waals surface area contributed by atoms with Crippen LogP contribution in [0.15, 0.2) is 60.7 Å². The van der Waals surface area contributed by atoms with Gasteiger partial charge in [-0.2, -0.15) is 0 Å². The van der Waals surface area contributed by atoms with E-state index in [1.165, 1.54) is 4.90 Å². The van der Waals surface area contributed by atoms with Crippen molar-refractivity contribution in [3.8, 4) is 0 Å². The Hall–Kier alpha value is -2.62. The van der Waals surface area contributed by atoms with Gasteiger partial charge in [-0.25, -0.2) is 4.79 Å².